The summed E-state index contributed by atoms with van der Waals surface area (Å²) in [4.78, 5) is 38.9. The molecule has 1 aliphatic heterocycles. The molecule has 1 fully saturated rings. The number of carbonyl (C=O) groups excluding carboxylic acids is 3. The quantitative estimate of drug-likeness (QED) is 0.551. The second kappa shape index (κ2) is 9.12. The van der Waals surface area contributed by atoms with Gasteiger partial charge in [-0.3, -0.25) is 4.79 Å². The fourth-order valence-corrected chi connectivity index (χ4v) is 3.52. The number of aromatic hydroxyl groups is 1. The molecule has 1 atom stereocenters. The molecule has 30 heavy (non-hydrogen) atoms. The molecule has 158 valence electrons. The van der Waals surface area contributed by atoms with Gasteiger partial charge in [0, 0.05) is 11.0 Å². The van der Waals surface area contributed by atoms with E-state index in [9.17, 15) is 23.9 Å². The average Bonchev–Trinajstić information content (AvgIpc) is 2.93. The number of amides is 5. The molecule has 3 N–H and O–H groups in total. The molecule has 0 saturated carbocycles. The zero-order chi connectivity index (χ0) is 21.8. The maximum Gasteiger partial charge on any atom is 0.346 e. The van der Waals surface area contributed by atoms with Gasteiger partial charge < -0.3 is 15.3 Å². The first-order valence-corrected chi connectivity index (χ1v) is 10.0. The highest BCUT2D eigenvalue weighted by Gasteiger charge is 2.45. The van der Waals surface area contributed by atoms with E-state index in [1.54, 1.807) is 37.3 Å². The molecule has 1 saturated heterocycles. The summed E-state index contributed by atoms with van der Waals surface area (Å²) in [7, 11) is 0. The number of urea groups is 2. The van der Waals surface area contributed by atoms with E-state index in [1.807, 2.05) is 0 Å². The summed E-state index contributed by atoms with van der Waals surface area (Å²) in [5.74, 6) is -1.09. The van der Waals surface area contributed by atoms with Crippen LogP contribution in [0.15, 0.2) is 46.9 Å². The van der Waals surface area contributed by atoms with Crippen LogP contribution in [0.1, 0.15) is 18.9 Å². The molecular weight excluding hydrogens is 459 g/mol. The Kier molecular flexibility index (Phi) is 6.56. The third-order valence-electron chi connectivity index (χ3n) is 4.69. The van der Waals surface area contributed by atoms with Crippen LogP contribution in [-0.2, 0) is 11.2 Å². The fourth-order valence-electron chi connectivity index (χ4n) is 3.18. The lowest BCUT2D eigenvalue weighted by atomic mass is 10.0. The van der Waals surface area contributed by atoms with Gasteiger partial charge in [0.1, 0.15) is 17.6 Å². The van der Waals surface area contributed by atoms with Crippen LogP contribution >= 0.6 is 15.9 Å². The van der Waals surface area contributed by atoms with Gasteiger partial charge in [-0.25, -0.2) is 19.4 Å². The van der Waals surface area contributed by atoms with E-state index in [4.69, 9.17) is 0 Å². The number of phenolic OH excluding ortho intramolecular Hbond substituents is 1. The first-order valence-electron chi connectivity index (χ1n) is 9.25. The van der Waals surface area contributed by atoms with Gasteiger partial charge in [0.05, 0.1) is 5.69 Å². The smallest absolute Gasteiger partial charge is 0.346 e. The lowest BCUT2D eigenvalue weighted by Crippen LogP contribution is -2.48. The number of nitrogens with zero attached hydrogens (tertiary/aromatic N) is 2. The molecule has 0 radical (unpaired) electrons. The van der Waals surface area contributed by atoms with Crippen molar-refractivity contribution in [1.29, 1.82) is 0 Å². The SMILES string of the molecule is CCN1C(=O)N(NC(=O)Nc2ccc(Br)cc2F)C(=O)C1CCc1ccc(O)cc1. The summed E-state index contributed by atoms with van der Waals surface area (Å²) in [5.41, 5.74) is 3.01. The van der Waals surface area contributed by atoms with Crippen LogP contribution in [0.25, 0.3) is 0 Å². The van der Waals surface area contributed by atoms with Crippen molar-refractivity contribution in [2.75, 3.05) is 11.9 Å². The monoisotopic (exact) mass is 478 g/mol. The normalized spacial score (nSPS) is 16.2. The average molecular weight is 479 g/mol. The van der Waals surface area contributed by atoms with Crippen molar-refractivity contribution in [3.63, 3.8) is 0 Å². The summed E-state index contributed by atoms with van der Waals surface area (Å²) in [6.07, 6.45) is 0.856. The molecular formula is C20H20BrFN4O4. The number of hydrazine groups is 1. The van der Waals surface area contributed by atoms with E-state index in [1.165, 1.54) is 17.0 Å². The Balaban J connectivity index is 1.66. The van der Waals surface area contributed by atoms with Gasteiger partial charge in [-0.1, -0.05) is 28.1 Å². The predicted octanol–water partition coefficient (Wildman–Crippen LogP) is 3.62. The Bertz CT molecular complexity index is 970. The number of imide groups is 1. The number of anilines is 1. The van der Waals surface area contributed by atoms with E-state index < -0.39 is 29.8 Å². The Hall–Kier alpha value is -3.14. The molecule has 5 amide bonds. The van der Waals surface area contributed by atoms with Crippen molar-refractivity contribution in [3.8, 4) is 5.75 Å². The second-order valence-corrected chi connectivity index (χ2v) is 7.57. The van der Waals surface area contributed by atoms with Gasteiger partial charge in [-0.15, -0.1) is 0 Å². The number of likely N-dealkylation sites (N-methyl/N-ethyl adjacent to an activating group) is 1. The highest BCUT2D eigenvalue weighted by atomic mass is 79.9. The molecule has 0 spiro atoms. The highest BCUT2D eigenvalue weighted by molar-refractivity contribution is 9.10. The van der Waals surface area contributed by atoms with Gasteiger partial charge in [0.25, 0.3) is 5.91 Å². The number of carbonyl (C=O) groups is 3. The third kappa shape index (κ3) is 4.70. The van der Waals surface area contributed by atoms with Crippen molar-refractivity contribution >= 4 is 39.6 Å². The number of phenols is 1. The van der Waals surface area contributed by atoms with E-state index in [0.717, 1.165) is 5.56 Å². The minimum absolute atomic E-state index is 0.0916. The molecule has 1 aliphatic rings. The van der Waals surface area contributed by atoms with Gasteiger partial charge >= 0.3 is 12.1 Å². The summed E-state index contributed by atoms with van der Waals surface area (Å²) in [6, 6.07) is 8.36. The summed E-state index contributed by atoms with van der Waals surface area (Å²) >= 11 is 3.12. The fraction of sp³-hybridized carbons (Fsp3) is 0.250. The van der Waals surface area contributed by atoms with Crippen LogP contribution in [0.4, 0.5) is 19.7 Å². The van der Waals surface area contributed by atoms with E-state index in [-0.39, 0.29) is 18.0 Å². The number of benzene rings is 2. The summed E-state index contributed by atoms with van der Waals surface area (Å²) in [5, 5.41) is 12.3. The lowest BCUT2D eigenvalue weighted by molar-refractivity contribution is -0.129. The van der Waals surface area contributed by atoms with E-state index in [0.29, 0.717) is 22.3 Å². The lowest BCUT2D eigenvalue weighted by Gasteiger charge is -2.19. The van der Waals surface area contributed by atoms with Crippen LogP contribution in [-0.4, -0.2) is 45.6 Å². The minimum atomic E-state index is -0.909. The van der Waals surface area contributed by atoms with E-state index in [2.05, 4.69) is 26.7 Å². The van der Waals surface area contributed by atoms with Crippen LogP contribution in [0.3, 0.4) is 0 Å². The number of aryl methyl sites for hydroxylation is 1. The van der Waals surface area contributed by atoms with E-state index >= 15 is 0 Å². The Morgan fingerprint density at radius 1 is 1.20 bits per heavy atom. The molecule has 3 rings (SSSR count). The number of hydrogen-bond acceptors (Lipinski definition) is 4. The molecule has 0 aliphatic carbocycles. The van der Waals surface area contributed by atoms with Crippen molar-refractivity contribution in [2.45, 2.75) is 25.8 Å². The second-order valence-electron chi connectivity index (χ2n) is 6.65. The number of hydrogen-bond donors (Lipinski definition) is 3. The van der Waals surface area contributed by atoms with Crippen LogP contribution < -0.4 is 10.7 Å². The third-order valence-corrected chi connectivity index (χ3v) is 5.19. The molecule has 2 aromatic rings. The maximum absolute atomic E-state index is 13.9. The van der Waals surface area contributed by atoms with Crippen molar-refractivity contribution in [1.82, 2.24) is 15.3 Å². The zero-order valence-electron chi connectivity index (χ0n) is 16.1. The Morgan fingerprint density at radius 2 is 1.90 bits per heavy atom. The van der Waals surface area contributed by atoms with Gasteiger partial charge in [-0.2, -0.15) is 5.01 Å². The largest absolute Gasteiger partial charge is 0.508 e. The van der Waals surface area contributed by atoms with Crippen molar-refractivity contribution in [2.24, 2.45) is 0 Å². The molecule has 0 bridgehead atoms. The summed E-state index contributed by atoms with van der Waals surface area (Å²) < 4.78 is 14.4. The topological polar surface area (TPSA) is 102 Å². The Labute approximate surface area is 180 Å². The number of halogens is 2. The van der Waals surface area contributed by atoms with Crippen molar-refractivity contribution < 1.29 is 23.9 Å². The Morgan fingerprint density at radius 3 is 2.53 bits per heavy atom. The molecule has 10 heteroatoms. The van der Waals surface area contributed by atoms with Gasteiger partial charge in [0.15, 0.2) is 0 Å². The van der Waals surface area contributed by atoms with Crippen LogP contribution in [0.5, 0.6) is 5.75 Å². The first-order chi connectivity index (χ1) is 14.3. The number of rotatable bonds is 6. The van der Waals surface area contributed by atoms with Crippen molar-refractivity contribution in [3.05, 3.63) is 58.3 Å². The molecule has 1 unspecified atom stereocenters. The standard InChI is InChI=1S/C20H20BrFN4O4/c1-2-25-17(10-5-12-3-7-14(27)8-4-12)18(28)26(20(25)30)24-19(29)23-16-9-6-13(21)11-15(16)22/h3-4,6-9,11,17,27H,2,5,10H2,1H3,(H2,23,24,29). The maximum atomic E-state index is 13.9. The molecule has 0 aromatic heterocycles. The molecule has 2 aromatic carbocycles. The van der Waals surface area contributed by atoms with Crippen LogP contribution in [0, 0.1) is 5.82 Å². The molecule has 8 nitrogen and oxygen atoms in total. The van der Waals surface area contributed by atoms with Crippen LogP contribution in [0.2, 0.25) is 0 Å². The minimum Gasteiger partial charge on any atom is -0.508 e. The predicted molar refractivity (Wildman–Crippen MR) is 111 cm³/mol. The first kappa shape index (κ1) is 21.6. The van der Waals surface area contributed by atoms with Gasteiger partial charge in [0.2, 0.25) is 0 Å². The summed E-state index contributed by atoms with van der Waals surface area (Å²) in [6.45, 7) is 2.02. The number of nitrogens with one attached hydrogen (secondary N) is 2. The van der Waals surface area contributed by atoms with Gasteiger partial charge in [-0.05, 0) is 55.7 Å². The highest BCUT2D eigenvalue weighted by Crippen LogP contribution is 2.22. The molecule has 1 heterocycles. The zero-order valence-corrected chi connectivity index (χ0v) is 17.6.